The van der Waals surface area contributed by atoms with Crippen LogP contribution in [0.1, 0.15) is 44.7 Å². The van der Waals surface area contributed by atoms with Crippen LogP contribution in [0.5, 0.6) is 0 Å². The number of alkyl halides is 3. The molecule has 0 aromatic heterocycles. The van der Waals surface area contributed by atoms with Crippen LogP contribution in [0.3, 0.4) is 0 Å². The molecule has 0 fully saturated rings. The van der Waals surface area contributed by atoms with Crippen LogP contribution in [-0.4, -0.2) is 24.0 Å². The Hall–Kier alpha value is -3.32. The van der Waals surface area contributed by atoms with Crippen molar-refractivity contribution in [3.05, 3.63) is 69.3 Å². The molecule has 0 aliphatic heterocycles. The summed E-state index contributed by atoms with van der Waals surface area (Å²) in [6.45, 7) is 4.95. The standard InChI is InChI=1S/C25H23BrF3N3O3/c1-24(2,3)35-23(34)32(21-9-7-15(13-30)11-19(21)26)14-18-20(8-10-22(18)33)31-17-6-4-5-16(12-17)25(27,28)29/h4-7,9,11-12,31H,8,10,14H2,1-3H3. The van der Waals surface area contributed by atoms with Gasteiger partial charge in [0.2, 0.25) is 0 Å². The van der Waals surface area contributed by atoms with Gasteiger partial charge in [-0.2, -0.15) is 18.4 Å². The van der Waals surface area contributed by atoms with Crippen LogP contribution in [0.25, 0.3) is 0 Å². The molecule has 1 aliphatic carbocycles. The number of ether oxygens (including phenoxy) is 1. The second kappa shape index (κ2) is 10.1. The average Bonchev–Trinajstić information content (AvgIpc) is 3.09. The smallest absolute Gasteiger partial charge is 0.416 e. The highest BCUT2D eigenvalue weighted by molar-refractivity contribution is 9.10. The minimum absolute atomic E-state index is 0.160. The van der Waals surface area contributed by atoms with Crippen molar-refractivity contribution in [3.63, 3.8) is 0 Å². The van der Waals surface area contributed by atoms with E-state index < -0.39 is 23.4 Å². The highest BCUT2D eigenvalue weighted by Crippen LogP contribution is 2.34. The molecule has 1 amide bonds. The summed E-state index contributed by atoms with van der Waals surface area (Å²) in [5.74, 6) is -0.224. The molecule has 184 valence electrons. The Balaban J connectivity index is 1.99. The molecule has 0 radical (unpaired) electrons. The predicted molar refractivity (Wildman–Crippen MR) is 129 cm³/mol. The molecule has 35 heavy (non-hydrogen) atoms. The third-order valence-electron chi connectivity index (χ3n) is 5.09. The topological polar surface area (TPSA) is 82.4 Å². The van der Waals surface area contributed by atoms with Crippen molar-refractivity contribution in [2.24, 2.45) is 0 Å². The minimum atomic E-state index is -4.50. The number of nitrogens with one attached hydrogen (secondary N) is 1. The zero-order chi connectivity index (χ0) is 26.0. The second-order valence-electron chi connectivity index (χ2n) is 8.93. The molecule has 0 heterocycles. The van der Waals surface area contributed by atoms with E-state index in [1.54, 1.807) is 32.9 Å². The zero-order valence-corrected chi connectivity index (χ0v) is 20.9. The molecule has 2 aromatic rings. The van der Waals surface area contributed by atoms with Crippen LogP contribution in [0, 0.1) is 11.3 Å². The van der Waals surface area contributed by atoms with Crippen LogP contribution in [0.4, 0.5) is 29.3 Å². The molecule has 0 unspecified atom stereocenters. The summed E-state index contributed by atoms with van der Waals surface area (Å²) in [6, 6.07) is 11.3. The summed E-state index contributed by atoms with van der Waals surface area (Å²) >= 11 is 3.37. The van der Waals surface area contributed by atoms with E-state index in [4.69, 9.17) is 10.00 Å². The Labute approximate surface area is 209 Å². The maximum absolute atomic E-state index is 13.1. The van der Waals surface area contributed by atoms with Crippen molar-refractivity contribution in [2.45, 2.75) is 45.4 Å². The quantitative estimate of drug-likeness (QED) is 0.443. The molecule has 0 saturated carbocycles. The van der Waals surface area contributed by atoms with Crippen LogP contribution in [0.2, 0.25) is 0 Å². The number of Topliss-reactive ketones (excluding diaryl/α,β-unsaturated/α-hetero) is 1. The van der Waals surface area contributed by atoms with Crippen molar-refractivity contribution in [1.29, 1.82) is 5.26 Å². The number of ketones is 1. The molecule has 0 bridgehead atoms. The molecule has 3 rings (SSSR count). The fourth-order valence-corrected chi connectivity index (χ4v) is 4.09. The summed E-state index contributed by atoms with van der Waals surface area (Å²) in [5, 5.41) is 12.1. The van der Waals surface area contributed by atoms with Gasteiger partial charge in [0.1, 0.15) is 5.60 Å². The number of benzene rings is 2. The number of rotatable bonds is 5. The van der Waals surface area contributed by atoms with Crippen LogP contribution in [-0.2, 0) is 15.7 Å². The van der Waals surface area contributed by atoms with Gasteiger partial charge < -0.3 is 10.1 Å². The van der Waals surface area contributed by atoms with E-state index in [2.05, 4.69) is 21.2 Å². The fourth-order valence-electron chi connectivity index (χ4n) is 3.50. The van der Waals surface area contributed by atoms with E-state index in [0.717, 1.165) is 12.1 Å². The van der Waals surface area contributed by atoms with Crippen molar-refractivity contribution in [2.75, 3.05) is 16.8 Å². The van der Waals surface area contributed by atoms with E-state index in [0.29, 0.717) is 27.8 Å². The van der Waals surface area contributed by atoms with Gasteiger partial charge in [-0.25, -0.2) is 4.79 Å². The van der Waals surface area contributed by atoms with E-state index in [1.807, 2.05) is 6.07 Å². The molecule has 0 saturated heterocycles. The van der Waals surface area contributed by atoms with Gasteiger partial charge in [0.05, 0.1) is 29.4 Å². The van der Waals surface area contributed by atoms with Crippen molar-refractivity contribution >= 4 is 39.2 Å². The molecule has 1 N–H and O–H groups in total. The minimum Gasteiger partial charge on any atom is -0.443 e. The van der Waals surface area contributed by atoms with E-state index in [1.165, 1.54) is 23.1 Å². The Bertz CT molecular complexity index is 1230. The Morgan fingerprint density at radius 2 is 1.89 bits per heavy atom. The average molecular weight is 550 g/mol. The third-order valence-corrected chi connectivity index (χ3v) is 5.72. The van der Waals surface area contributed by atoms with Crippen molar-refractivity contribution in [3.8, 4) is 6.07 Å². The van der Waals surface area contributed by atoms with Crippen LogP contribution >= 0.6 is 15.9 Å². The molecule has 2 aromatic carbocycles. The van der Waals surface area contributed by atoms with Crippen LogP contribution < -0.4 is 10.2 Å². The highest BCUT2D eigenvalue weighted by atomic mass is 79.9. The van der Waals surface area contributed by atoms with Gasteiger partial charge >= 0.3 is 12.3 Å². The second-order valence-corrected chi connectivity index (χ2v) is 9.78. The maximum Gasteiger partial charge on any atom is 0.416 e. The zero-order valence-electron chi connectivity index (χ0n) is 19.3. The number of carbonyl (C=O) groups is 2. The first-order chi connectivity index (χ1) is 16.3. The van der Waals surface area contributed by atoms with Gasteiger partial charge in [0.25, 0.3) is 0 Å². The van der Waals surface area contributed by atoms with Crippen LogP contribution in [0.15, 0.2) is 58.2 Å². The van der Waals surface area contributed by atoms with E-state index >= 15 is 0 Å². The van der Waals surface area contributed by atoms with E-state index in [-0.39, 0.29) is 30.0 Å². The molecule has 0 atom stereocenters. The number of carbonyl (C=O) groups excluding carboxylic acids is 2. The monoisotopic (exact) mass is 549 g/mol. The summed E-state index contributed by atoms with van der Waals surface area (Å²) in [6.07, 6.45) is -4.77. The number of anilines is 2. The lowest BCUT2D eigenvalue weighted by Gasteiger charge is -2.28. The predicted octanol–water partition coefficient (Wildman–Crippen LogP) is 6.81. The number of nitrogens with zero attached hydrogens (tertiary/aromatic N) is 2. The van der Waals surface area contributed by atoms with Crippen molar-refractivity contribution in [1.82, 2.24) is 0 Å². The lowest BCUT2D eigenvalue weighted by atomic mass is 10.1. The maximum atomic E-state index is 13.1. The lowest BCUT2D eigenvalue weighted by Crippen LogP contribution is -2.39. The largest absolute Gasteiger partial charge is 0.443 e. The number of hydrogen-bond donors (Lipinski definition) is 1. The number of hydrogen-bond acceptors (Lipinski definition) is 5. The first kappa shape index (κ1) is 26.3. The molecule has 0 spiro atoms. The van der Waals surface area contributed by atoms with Gasteiger partial charge in [-0.1, -0.05) is 6.07 Å². The summed E-state index contributed by atoms with van der Waals surface area (Å²) in [5.41, 5.74) is 0.00633. The number of halogens is 4. The Morgan fingerprint density at radius 1 is 1.17 bits per heavy atom. The van der Waals surface area contributed by atoms with Crippen molar-refractivity contribution < 1.29 is 27.5 Å². The highest BCUT2D eigenvalue weighted by Gasteiger charge is 2.32. The van der Waals surface area contributed by atoms with Gasteiger partial charge in [-0.05, 0) is 79.5 Å². The fraction of sp³-hybridized carbons (Fsp3) is 0.320. The molecule has 1 aliphatic rings. The van der Waals surface area contributed by atoms with Gasteiger partial charge in [-0.15, -0.1) is 0 Å². The summed E-state index contributed by atoms with van der Waals surface area (Å²) in [7, 11) is 0. The molecule has 10 heteroatoms. The number of allylic oxidation sites excluding steroid dienone is 1. The van der Waals surface area contributed by atoms with E-state index in [9.17, 15) is 22.8 Å². The summed E-state index contributed by atoms with van der Waals surface area (Å²) in [4.78, 5) is 27.1. The van der Waals surface area contributed by atoms with Gasteiger partial charge in [-0.3, -0.25) is 9.69 Å². The lowest BCUT2D eigenvalue weighted by molar-refractivity contribution is -0.137. The molecular weight excluding hydrogens is 527 g/mol. The molecular formula is C25H23BrF3N3O3. The summed E-state index contributed by atoms with van der Waals surface area (Å²) < 4.78 is 45.3. The van der Waals surface area contributed by atoms with Gasteiger partial charge in [0.15, 0.2) is 5.78 Å². The number of amides is 1. The molecule has 6 nitrogen and oxygen atoms in total. The first-order valence-corrected chi connectivity index (χ1v) is 11.5. The normalized spacial score (nSPS) is 14.1. The third kappa shape index (κ3) is 6.63. The SMILES string of the molecule is CC(C)(C)OC(=O)N(CC1=C(Nc2cccc(C(F)(F)F)c2)CCC1=O)c1ccc(C#N)cc1Br. The number of nitriles is 1. The Kier molecular flexibility index (Phi) is 7.60. The Morgan fingerprint density at radius 3 is 2.49 bits per heavy atom. The first-order valence-electron chi connectivity index (χ1n) is 10.7. The van der Waals surface area contributed by atoms with Gasteiger partial charge in [0, 0.05) is 27.9 Å².